The Hall–Kier alpha value is -1.14. The number of esters is 1. The molecule has 2 amide bonds. The third-order valence-corrected chi connectivity index (χ3v) is 9.10. The molecule has 0 aliphatic carbocycles. The first-order chi connectivity index (χ1) is 13.9. The van der Waals surface area contributed by atoms with Gasteiger partial charge in [-0.15, -0.1) is 16.9 Å². The number of amides is 2. The predicted molar refractivity (Wildman–Crippen MR) is 119 cm³/mol. The lowest BCUT2D eigenvalue weighted by Crippen LogP contribution is -2.67. The molecule has 2 aliphatic rings. The molecule has 9 nitrogen and oxygen atoms in total. The maximum atomic E-state index is 12.6. The summed E-state index contributed by atoms with van der Waals surface area (Å²) in [5.74, 6) is -0.812. The minimum absolute atomic E-state index is 0.0202. The molecule has 3 atom stereocenters. The van der Waals surface area contributed by atoms with Crippen molar-refractivity contribution in [1.29, 1.82) is 0 Å². The number of hydrogen-bond acceptors (Lipinski definition) is 7. The number of carbonyl (C=O) groups is 3. The van der Waals surface area contributed by atoms with E-state index in [4.69, 9.17) is 4.74 Å². The molecule has 12 heteroatoms. The number of β-lactam (4-membered cyclic amide) rings is 1. The number of thioether (sulfide) groups is 1. The Labute approximate surface area is 196 Å². The van der Waals surface area contributed by atoms with E-state index < -0.39 is 21.2 Å². The van der Waals surface area contributed by atoms with Gasteiger partial charge in [0.2, 0.25) is 0 Å². The summed E-state index contributed by atoms with van der Waals surface area (Å²) in [6.45, 7) is 8.49. The van der Waals surface area contributed by atoms with Gasteiger partial charge in [-0.3, -0.25) is 9.59 Å². The van der Waals surface area contributed by atoms with E-state index in [1.165, 1.54) is 13.3 Å². The van der Waals surface area contributed by atoms with Gasteiger partial charge < -0.3 is 15.0 Å². The van der Waals surface area contributed by atoms with Crippen LogP contribution in [0, 0.1) is 5.92 Å². The molecule has 2 saturated heterocycles. The SMILES string of the molecule is COC(=O)[C@H](CC(C)C)NC(=O)c1cn(C[C@@H]2N3C(=O)C(Br)(Br)[C@H]3SC2(C)C)nn1. The van der Waals surface area contributed by atoms with E-state index in [1.54, 1.807) is 16.4 Å². The summed E-state index contributed by atoms with van der Waals surface area (Å²) in [6.07, 6.45) is 1.99. The monoisotopic (exact) mass is 565 g/mol. The highest BCUT2D eigenvalue weighted by Gasteiger charge is 2.68. The number of halogens is 2. The minimum atomic E-state index is -0.747. The van der Waals surface area contributed by atoms with Crippen molar-refractivity contribution in [2.75, 3.05) is 7.11 Å². The number of nitrogens with one attached hydrogen (secondary N) is 1. The lowest BCUT2D eigenvalue weighted by atomic mass is 9.98. The highest BCUT2D eigenvalue weighted by atomic mass is 79.9. The zero-order valence-electron chi connectivity index (χ0n) is 17.4. The molecule has 0 radical (unpaired) electrons. The molecule has 3 rings (SSSR count). The largest absolute Gasteiger partial charge is 0.467 e. The van der Waals surface area contributed by atoms with Crippen LogP contribution >= 0.6 is 43.6 Å². The van der Waals surface area contributed by atoms with Crippen LogP contribution in [0.2, 0.25) is 0 Å². The van der Waals surface area contributed by atoms with Crippen molar-refractivity contribution in [1.82, 2.24) is 25.2 Å². The summed E-state index contributed by atoms with van der Waals surface area (Å²) in [4.78, 5) is 38.9. The summed E-state index contributed by atoms with van der Waals surface area (Å²) >= 11 is 8.63. The smallest absolute Gasteiger partial charge is 0.328 e. The summed E-state index contributed by atoms with van der Waals surface area (Å²) in [6, 6.07) is -0.854. The molecule has 3 heterocycles. The average Bonchev–Trinajstić information content (AvgIpc) is 3.22. The quantitative estimate of drug-likeness (QED) is 0.306. The van der Waals surface area contributed by atoms with Crippen molar-refractivity contribution < 1.29 is 19.1 Å². The highest BCUT2D eigenvalue weighted by molar-refractivity contribution is 9.26. The van der Waals surface area contributed by atoms with Gasteiger partial charge in [0.1, 0.15) is 11.4 Å². The van der Waals surface area contributed by atoms with Crippen LogP contribution in [0.25, 0.3) is 0 Å². The van der Waals surface area contributed by atoms with Crippen LogP contribution in [-0.2, 0) is 20.9 Å². The first-order valence-electron chi connectivity index (χ1n) is 9.55. The number of hydrogen-bond donors (Lipinski definition) is 1. The maximum Gasteiger partial charge on any atom is 0.328 e. The number of ether oxygens (including phenoxy) is 1. The lowest BCUT2D eigenvalue weighted by Gasteiger charge is -2.47. The van der Waals surface area contributed by atoms with Crippen molar-refractivity contribution in [2.24, 2.45) is 5.92 Å². The molecule has 2 aliphatic heterocycles. The van der Waals surface area contributed by atoms with E-state index in [2.05, 4.69) is 61.3 Å². The van der Waals surface area contributed by atoms with Crippen LogP contribution in [0.3, 0.4) is 0 Å². The number of rotatable bonds is 7. The minimum Gasteiger partial charge on any atom is -0.467 e. The Morgan fingerprint density at radius 3 is 2.63 bits per heavy atom. The standard InChI is InChI=1S/C18H25Br2N5O4S/c1-9(2)6-10(14(27)29-5)21-13(26)11-7-24(23-22-11)8-12-17(3,4)30-16-18(19,20)15(28)25(12)16/h7,9-10,12,16H,6,8H2,1-5H3,(H,21,26)/t10-,12-,16+/m0/s1. The third-order valence-electron chi connectivity index (χ3n) is 5.27. The van der Waals surface area contributed by atoms with Gasteiger partial charge in [0.05, 0.1) is 25.9 Å². The van der Waals surface area contributed by atoms with Gasteiger partial charge in [0.15, 0.2) is 8.93 Å². The van der Waals surface area contributed by atoms with Gasteiger partial charge in [-0.05, 0) is 26.2 Å². The summed E-state index contributed by atoms with van der Waals surface area (Å²) in [7, 11) is 1.29. The Morgan fingerprint density at radius 1 is 1.37 bits per heavy atom. The van der Waals surface area contributed by atoms with Crippen molar-refractivity contribution >= 4 is 61.4 Å². The fraction of sp³-hybridized carbons (Fsp3) is 0.722. The van der Waals surface area contributed by atoms with Crippen molar-refractivity contribution in [2.45, 2.75) is 66.1 Å². The zero-order chi connectivity index (χ0) is 22.4. The Kier molecular flexibility index (Phi) is 6.60. The van der Waals surface area contributed by atoms with Gasteiger partial charge in [-0.1, -0.05) is 50.9 Å². The summed E-state index contributed by atoms with van der Waals surface area (Å²) in [5.41, 5.74) is 0.109. The number of nitrogens with zero attached hydrogens (tertiary/aromatic N) is 4. The maximum absolute atomic E-state index is 12.6. The van der Waals surface area contributed by atoms with Crippen LogP contribution in [0.15, 0.2) is 6.20 Å². The van der Waals surface area contributed by atoms with E-state index >= 15 is 0 Å². The highest BCUT2D eigenvalue weighted by Crippen LogP contribution is 2.60. The fourth-order valence-corrected chi connectivity index (χ4v) is 6.60. The molecule has 30 heavy (non-hydrogen) atoms. The second-order valence-corrected chi connectivity index (χ2v) is 13.7. The predicted octanol–water partition coefficient (Wildman–Crippen LogP) is 2.14. The molecule has 0 unspecified atom stereocenters. The van der Waals surface area contributed by atoms with Crippen LogP contribution in [0.5, 0.6) is 0 Å². The van der Waals surface area contributed by atoms with Crippen molar-refractivity contribution in [3.8, 4) is 0 Å². The van der Waals surface area contributed by atoms with E-state index in [0.29, 0.717) is 13.0 Å². The molecule has 0 aromatic carbocycles. The second-order valence-electron chi connectivity index (χ2n) is 8.43. The molecule has 0 bridgehead atoms. The molecule has 1 N–H and O–H groups in total. The van der Waals surface area contributed by atoms with Gasteiger partial charge >= 0.3 is 5.97 Å². The van der Waals surface area contributed by atoms with E-state index in [0.717, 1.165) is 0 Å². The molecule has 2 fully saturated rings. The number of carbonyl (C=O) groups excluding carboxylic acids is 3. The van der Waals surface area contributed by atoms with Crippen LogP contribution in [0.1, 0.15) is 44.6 Å². The Morgan fingerprint density at radius 2 is 2.03 bits per heavy atom. The third kappa shape index (κ3) is 4.27. The lowest BCUT2D eigenvalue weighted by molar-refractivity contribution is -0.145. The number of fused-ring (bicyclic) bond motifs is 1. The van der Waals surface area contributed by atoms with Gasteiger partial charge in [0.25, 0.3) is 11.8 Å². The van der Waals surface area contributed by atoms with Crippen LogP contribution in [0.4, 0.5) is 0 Å². The normalized spacial score (nSPS) is 24.9. The molecule has 0 saturated carbocycles. The second kappa shape index (κ2) is 8.42. The molecule has 0 spiro atoms. The molecular formula is C18H25Br2N5O4S. The number of methoxy groups -OCH3 is 1. The Bertz CT molecular complexity index is 859. The van der Waals surface area contributed by atoms with Crippen LogP contribution in [-0.4, -0.2) is 70.2 Å². The summed E-state index contributed by atoms with van der Waals surface area (Å²) in [5, 5.41) is 10.7. The number of aromatic nitrogens is 3. The van der Waals surface area contributed by atoms with E-state index in [-0.39, 0.29) is 33.7 Å². The zero-order valence-corrected chi connectivity index (χ0v) is 21.4. The van der Waals surface area contributed by atoms with Gasteiger partial charge in [-0.25, -0.2) is 9.48 Å². The van der Waals surface area contributed by atoms with Crippen molar-refractivity contribution in [3.05, 3.63) is 11.9 Å². The number of alkyl halides is 2. The van der Waals surface area contributed by atoms with Gasteiger partial charge in [0, 0.05) is 4.75 Å². The van der Waals surface area contributed by atoms with Gasteiger partial charge in [-0.2, -0.15) is 0 Å². The van der Waals surface area contributed by atoms with Crippen LogP contribution < -0.4 is 5.32 Å². The first-order valence-corrected chi connectivity index (χ1v) is 12.0. The van der Waals surface area contributed by atoms with Crippen molar-refractivity contribution in [3.63, 3.8) is 0 Å². The molecule has 1 aromatic rings. The van der Waals surface area contributed by atoms with E-state index in [9.17, 15) is 14.4 Å². The topological polar surface area (TPSA) is 106 Å². The fourth-order valence-electron chi connectivity index (χ4n) is 3.67. The van der Waals surface area contributed by atoms with E-state index in [1.807, 2.05) is 18.7 Å². The first kappa shape index (κ1) is 23.5. The summed E-state index contributed by atoms with van der Waals surface area (Å²) < 4.78 is 5.41. The molecule has 166 valence electrons. The average molecular weight is 567 g/mol. The molecular weight excluding hydrogens is 542 g/mol. The molecule has 1 aromatic heterocycles. The Balaban J connectivity index is 1.70.